The zero-order valence-corrected chi connectivity index (χ0v) is 16.7. The van der Waals surface area contributed by atoms with E-state index >= 15 is 0 Å². The molecule has 0 spiro atoms. The van der Waals surface area contributed by atoms with Crippen LogP contribution in [0.15, 0.2) is 4.90 Å². The number of benzene rings is 1. The predicted octanol–water partition coefficient (Wildman–Crippen LogP) is 5.61. The van der Waals surface area contributed by atoms with Crippen LogP contribution in [0.5, 0.6) is 0 Å². The first-order valence-electron chi connectivity index (χ1n) is 9.91. The molecule has 3 rings (SSSR count). The number of hydrogen-bond acceptors (Lipinski definition) is 3. The van der Waals surface area contributed by atoms with Crippen molar-refractivity contribution < 1.29 is 13.0 Å². The molecule has 0 N–H and O–H groups in total. The van der Waals surface area contributed by atoms with Crippen LogP contribution in [0.1, 0.15) is 104 Å². The average molecular weight is 364 g/mol. The van der Waals surface area contributed by atoms with E-state index in [2.05, 4.69) is 6.92 Å². The smallest absolute Gasteiger partial charge is 0.124 e. The van der Waals surface area contributed by atoms with Crippen molar-refractivity contribution in [3.63, 3.8) is 0 Å². The maximum Gasteiger partial charge on any atom is 0.124 e. The van der Waals surface area contributed by atoms with Crippen LogP contribution in [-0.2, 0) is 10.1 Å². The molecule has 2 saturated carbocycles. The van der Waals surface area contributed by atoms with Crippen molar-refractivity contribution in [2.75, 3.05) is 0 Å². The molecule has 0 atom stereocenters. The molecule has 25 heavy (non-hydrogen) atoms. The van der Waals surface area contributed by atoms with Gasteiger partial charge in [0.1, 0.15) is 10.1 Å². The molecule has 3 nitrogen and oxygen atoms in total. The summed E-state index contributed by atoms with van der Waals surface area (Å²) in [7, 11) is -4.45. The second kappa shape index (κ2) is 7.40. The van der Waals surface area contributed by atoms with Crippen LogP contribution in [0.3, 0.4) is 0 Å². The predicted molar refractivity (Wildman–Crippen MR) is 100 cm³/mol. The van der Waals surface area contributed by atoms with E-state index in [0.29, 0.717) is 11.8 Å². The fraction of sp³-hybridized carbons (Fsp3) is 0.714. The summed E-state index contributed by atoms with van der Waals surface area (Å²) in [6, 6.07) is 0. The van der Waals surface area contributed by atoms with Crippen molar-refractivity contribution in [2.24, 2.45) is 0 Å². The van der Waals surface area contributed by atoms with Gasteiger partial charge in [-0.2, -0.15) is 0 Å². The molecule has 1 aromatic rings. The Labute approximate surface area is 153 Å². The summed E-state index contributed by atoms with van der Waals surface area (Å²) >= 11 is 0. The van der Waals surface area contributed by atoms with E-state index in [1.807, 2.05) is 13.8 Å². The number of hydrogen-bond donors (Lipinski definition) is 0. The lowest BCUT2D eigenvalue weighted by atomic mass is 9.74. The lowest BCUT2D eigenvalue weighted by Crippen LogP contribution is -2.18. The molecule has 2 aliphatic rings. The van der Waals surface area contributed by atoms with Crippen LogP contribution < -0.4 is 0 Å². The van der Waals surface area contributed by atoms with Crippen LogP contribution in [0.4, 0.5) is 0 Å². The minimum Gasteiger partial charge on any atom is -0.744 e. The minimum absolute atomic E-state index is 0.0826. The third kappa shape index (κ3) is 3.66. The summed E-state index contributed by atoms with van der Waals surface area (Å²) in [5.41, 5.74) is 5.11. The highest BCUT2D eigenvalue weighted by Gasteiger charge is 2.29. The molecule has 0 aromatic heterocycles. The van der Waals surface area contributed by atoms with Crippen LogP contribution >= 0.6 is 0 Å². The zero-order valence-electron chi connectivity index (χ0n) is 15.9. The van der Waals surface area contributed by atoms with Gasteiger partial charge in [0.15, 0.2) is 0 Å². The molecule has 140 valence electrons. The Balaban J connectivity index is 2.23. The molecule has 2 fully saturated rings. The van der Waals surface area contributed by atoms with Gasteiger partial charge in [-0.3, -0.25) is 0 Å². The lowest BCUT2D eigenvalue weighted by molar-refractivity contribution is 0.427. The first-order chi connectivity index (χ1) is 11.8. The zero-order chi connectivity index (χ0) is 18.2. The van der Waals surface area contributed by atoms with Gasteiger partial charge >= 0.3 is 0 Å². The fourth-order valence-corrected chi connectivity index (χ4v) is 6.59. The molecule has 0 amide bonds. The molecule has 0 heterocycles. The van der Waals surface area contributed by atoms with Crippen molar-refractivity contribution in [1.29, 1.82) is 0 Å². The first kappa shape index (κ1) is 18.9. The second-order valence-corrected chi connectivity index (χ2v) is 9.47. The molecule has 4 heteroatoms. The Kier molecular flexibility index (Phi) is 5.60. The largest absolute Gasteiger partial charge is 0.744 e. The van der Waals surface area contributed by atoms with E-state index in [0.717, 1.165) is 36.8 Å². The van der Waals surface area contributed by atoms with Gasteiger partial charge in [-0.25, -0.2) is 8.42 Å². The van der Waals surface area contributed by atoms with Crippen LogP contribution in [-0.4, -0.2) is 13.0 Å². The highest BCUT2D eigenvalue weighted by atomic mass is 32.2. The van der Waals surface area contributed by atoms with Gasteiger partial charge < -0.3 is 4.55 Å². The van der Waals surface area contributed by atoms with E-state index in [9.17, 15) is 13.0 Å². The first-order valence-corrected chi connectivity index (χ1v) is 11.3. The molecule has 2 aliphatic carbocycles. The van der Waals surface area contributed by atoms with E-state index in [-0.39, 0.29) is 4.90 Å². The third-order valence-electron chi connectivity index (χ3n) is 6.57. The lowest BCUT2D eigenvalue weighted by Gasteiger charge is -2.33. The summed E-state index contributed by atoms with van der Waals surface area (Å²) in [6.45, 7) is 5.90. The van der Waals surface area contributed by atoms with E-state index in [1.165, 1.54) is 55.2 Å². The molecular formula is C21H31O3S-. The molecule has 0 unspecified atom stereocenters. The third-order valence-corrected chi connectivity index (χ3v) is 7.69. The topological polar surface area (TPSA) is 57.2 Å². The normalized spacial score (nSPS) is 20.8. The summed E-state index contributed by atoms with van der Waals surface area (Å²) in [4.78, 5) is 0.0826. The van der Waals surface area contributed by atoms with Crippen molar-refractivity contribution in [2.45, 2.75) is 102 Å². The van der Waals surface area contributed by atoms with Gasteiger partial charge in [0, 0.05) is 0 Å². The Morgan fingerprint density at radius 2 is 1.04 bits per heavy atom. The summed E-state index contributed by atoms with van der Waals surface area (Å²) < 4.78 is 36.3. The van der Waals surface area contributed by atoms with Gasteiger partial charge in [-0.05, 0) is 86.1 Å². The maximum absolute atomic E-state index is 12.1. The second-order valence-electron chi connectivity index (χ2n) is 8.16. The Hall–Kier alpha value is -0.870. The van der Waals surface area contributed by atoms with Crippen molar-refractivity contribution >= 4 is 10.1 Å². The van der Waals surface area contributed by atoms with Gasteiger partial charge in [-0.15, -0.1) is 0 Å². The van der Waals surface area contributed by atoms with Gasteiger partial charge in [-0.1, -0.05) is 38.5 Å². The summed E-state index contributed by atoms with van der Waals surface area (Å²) in [5, 5.41) is 0. The highest BCUT2D eigenvalue weighted by molar-refractivity contribution is 7.85. The average Bonchev–Trinajstić information content (AvgIpc) is 2.55. The fourth-order valence-electron chi connectivity index (χ4n) is 5.62. The Morgan fingerprint density at radius 1 is 0.680 bits per heavy atom. The SMILES string of the molecule is Cc1c(C2CCCCC2)c(C)c(S(=O)(=O)[O-])c(C)c1C1CCCCC1. The van der Waals surface area contributed by atoms with Gasteiger partial charge in [0.25, 0.3) is 0 Å². The van der Waals surface area contributed by atoms with E-state index in [1.54, 1.807) is 0 Å². The molecular weight excluding hydrogens is 332 g/mol. The van der Waals surface area contributed by atoms with Crippen molar-refractivity contribution in [3.05, 3.63) is 27.8 Å². The molecule has 0 radical (unpaired) electrons. The van der Waals surface area contributed by atoms with E-state index < -0.39 is 10.1 Å². The van der Waals surface area contributed by atoms with Gasteiger partial charge in [0.2, 0.25) is 0 Å². The molecule has 1 aromatic carbocycles. The van der Waals surface area contributed by atoms with Crippen LogP contribution in [0.2, 0.25) is 0 Å². The maximum atomic E-state index is 12.1. The Morgan fingerprint density at radius 3 is 1.36 bits per heavy atom. The summed E-state index contributed by atoms with van der Waals surface area (Å²) in [5.74, 6) is 0.828. The Bertz CT molecular complexity index is 692. The van der Waals surface area contributed by atoms with E-state index in [4.69, 9.17) is 0 Å². The van der Waals surface area contributed by atoms with Crippen molar-refractivity contribution in [3.8, 4) is 0 Å². The van der Waals surface area contributed by atoms with Gasteiger partial charge in [0.05, 0.1) is 4.90 Å². The highest BCUT2D eigenvalue weighted by Crippen LogP contribution is 2.45. The summed E-state index contributed by atoms with van der Waals surface area (Å²) in [6.07, 6.45) is 11.8. The molecule has 0 bridgehead atoms. The standard InChI is InChI=1S/C21H32O3S/c1-14-19(17-10-6-4-7-11-17)15(2)21(25(22,23)24)16(3)20(14)18-12-8-5-9-13-18/h17-18H,4-13H2,1-3H3,(H,22,23,24)/p-1. The molecule has 0 saturated heterocycles. The van der Waals surface area contributed by atoms with Crippen LogP contribution in [0, 0.1) is 20.8 Å². The van der Waals surface area contributed by atoms with Crippen molar-refractivity contribution in [1.82, 2.24) is 0 Å². The van der Waals surface area contributed by atoms with Crippen LogP contribution in [0.25, 0.3) is 0 Å². The number of rotatable bonds is 3. The monoisotopic (exact) mass is 363 g/mol. The minimum atomic E-state index is -4.45. The quantitative estimate of drug-likeness (QED) is 0.656. The molecule has 0 aliphatic heterocycles.